The monoisotopic (exact) mass is 345 g/mol. The van der Waals surface area contributed by atoms with Crippen LogP contribution in [0.1, 0.15) is 16.7 Å². The quantitative estimate of drug-likeness (QED) is 0.628. The standard InChI is InChI=1S/C19H14F3NO2/c20-19(21,22)16-8-6-13(7-9-16)10-15-12-23(18(25)17(15)24)11-14-4-2-1-3-5-14/h1-10H,11-12H2/b15-10+. The summed E-state index contributed by atoms with van der Waals surface area (Å²) in [5, 5.41) is 0. The van der Waals surface area contributed by atoms with E-state index in [4.69, 9.17) is 0 Å². The molecular weight excluding hydrogens is 331 g/mol. The van der Waals surface area contributed by atoms with Gasteiger partial charge in [0.25, 0.3) is 5.91 Å². The molecule has 0 aliphatic carbocycles. The summed E-state index contributed by atoms with van der Waals surface area (Å²) < 4.78 is 37.7. The summed E-state index contributed by atoms with van der Waals surface area (Å²) in [6.45, 7) is 0.462. The molecule has 25 heavy (non-hydrogen) atoms. The fourth-order valence-corrected chi connectivity index (χ4v) is 2.64. The maximum absolute atomic E-state index is 12.6. The topological polar surface area (TPSA) is 37.4 Å². The Morgan fingerprint density at radius 2 is 1.60 bits per heavy atom. The van der Waals surface area contributed by atoms with Crippen molar-refractivity contribution < 1.29 is 22.8 Å². The van der Waals surface area contributed by atoms with Gasteiger partial charge in [0.05, 0.1) is 12.1 Å². The number of nitrogens with zero attached hydrogens (tertiary/aromatic N) is 1. The van der Waals surface area contributed by atoms with E-state index in [2.05, 4.69) is 0 Å². The van der Waals surface area contributed by atoms with Crippen LogP contribution >= 0.6 is 0 Å². The van der Waals surface area contributed by atoms with Gasteiger partial charge in [-0.15, -0.1) is 0 Å². The molecule has 3 nitrogen and oxygen atoms in total. The Labute approximate surface area is 142 Å². The summed E-state index contributed by atoms with van der Waals surface area (Å²) >= 11 is 0. The number of Topliss-reactive ketones (excluding diaryl/α,β-unsaturated/α-hetero) is 1. The predicted molar refractivity (Wildman–Crippen MR) is 86.3 cm³/mol. The van der Waals surface area contributed by atoms with Gasteiger partial charge in [-0.3, -0.25) is 9.59 Å². The molecule has 1 aliphatic heterocycles. The van der Waals surface area contributed by atoms with E-state index in [-0.39, 0.29) is 12.1 Å². The lowest BCUT2D eigenvalue weighted by Crippen LogP contribution is -2.26. The van der Waals surface area contributed by atoms with E-state index in [0.717, 1.165) is 17.7 Å². The van der Waals surface area contributed by atoms with E-state index in [1.807, 2.05) is 30.3 Å². The molecular formula is C19H14F3NO2. The fourth-order valence-electron chi connectivity index (χ4n) is 2.64. The molecule has 0 saturated carbocycles. The molecule has 0 unspecified atom stereocenters. The molecule has 6 heteroatoms. The van der Waals surface area contributed by atoms with Crippen LogP contribution in [0.2, 0.25) is 0 Å². The average molecular weight is 345 g/mol. The van der Waals surface area contributed by atoms with E-state index in [1.165, 1.54) is 23.1 Å². The van der Waals surface area contributed by atoms with Gasteiger partial charge in [0.1, 0.15) is 0 Å². The summed E-state index contributed by atoms with van der Waals surface area (Å²) in [5.74, 6) is -1.21. The number of halogens is 3. The molecule has 0 aromatic heterocycles. The third kappa shape index (κ3) is 3.79. The van der Waals surface area contributed by atoms with E-state index in [1.54, 1.807) is 0 Å². The first-order valence-corrected chi connectivity index (χ1v) is 7.60. The second-order valence-electron chi connectivity index (χ2n) is 5.77. The maximum Gasteiger partial charge on any atom is 0.416 e. The zero-order chi connectivity index (χ0) is 18.0. The van der Waals surface area contributed by atoms with E-state index in [9.17, 15) is 22.8 Å². The zero-order valence-electron chi connectivity index (χ0n) is 13.1. The van der Waals surface area contributed by atoms with Crippen molar-refractivity contribution >= 4 is 17.8 Å². The van der Waals surface area contributed by atoms with E-state index >= 15 is 0 Å². The summed E-state index contributed by atoms with van der Waals surface area (Å²) in [4.78, 5) is 25.6. The van der Waals surface area contributed by atoms with E-state index in [0.29, 0.717) is 12.1 Å². The number of rotatable bonds is 3. The largest absolute Gasteiger partial charge is 0.416 e. The minimum atomic E-state index is -4.41. The Morgan fingerprint density at radius 1 is 0.960 bits per heavy atom. The molecule has 1 heterocycles. The van der Waals surface area contributed by atoms with Crippen molar-refractivity contribution in [3.05, 3.63) is 76.9 Å². The summed E-state index contributed by atoms with van der Waals surface area (Å²) in [5.41, 5.74) is 0.875. The first kappa shape index (κ1) is 17.0. The molecule has 0 bridgehead atoms. The molecule has 0 radical (unpaired) electrons. The van der Waals surface area contributed by atoms with Gasteiger partial charge in [-0.25, -0.2) is 0 Å². The second-order valence-corrected chi connectivity index (χ2v) is 5.77. The number of ketones is 1. The highest BCUT2D eigenvalue weighted by Crippen LogP contribution is 2.29. The Hall–Kier alpha value is -2.89. The fraction of sp³-hybridized carbons (Fsp3) is 0.158. The van der Waals surface area contributed by atoms with Crippen molar-refractivity contribution in [3.8, 4) is 0 Å². The van der Waals surface area contributed by atoms with Crippen LogP contribution in [0.4, 0.5) is 13.2 Å². The molecule has 128 valence electrons. The lowest BCUT2D eigenvalue weighted by molar-refractivity contribution is -0.139. The van der Waals surface area contributed by atoms with Crippen LogP contribution in [-0.2, 0) is 22.3 Å². The molecule has 0 atom stereocenters. The number of hydrogen-bond donors (Lipinski definition) is 0. The van der Waals surface area contributed by atoms with Crippen LogP contribution in [-0.4, -0.2) is 23.1 Å². The van der Waals surface area contributed by atoms with Crippen LogP contribution in [0.15, 0.2) is 60.2 Å². The summed E-state index contributed by atoms with van der Waals surface area (Å²) in [6, 6.07) is 13.7. The summed E-state index contributed by atoms with van der Waals surface area (Å²) in [7, 11) is 0. The number of alkyl halides is 3. The van der Waals surface area contributed by atoms with Crippen molar-refractivity contribution in [2.24, 2.45) is 0 Å². The van der Waals surface area contributed by atoms with Gasteiger partial charge in [0, 0.05) is 12.1 Å². The molecule has 2 aromatic carbocycles. The zero-order valence-corrected chi connectivity index (χ0v) is 13.1. The van der Waals surface area contributed by atoms with Crippen LogP contribution in [0.5, 0.6) is 0 Å². The van der Waals surface area contributed by atoms with Crippen molar-refractivity contribution in [1.29, 1.82) is 0 Å². The molecule has 0 spiro atoms. The third-order valence-electron chi connectivity index (χ3n) is 3.93. The maximum atomic E-state index is 12.6. The van der Waals surface area contributed by atoms with Gasteiger partial charge in [0.2, 0.25) is 5.78 Å². The number of carbonyl (C=O) groups excluding carboxylic acids is 2. The van der Waals surface area contributed by atoms with Gasteiger partial charge >= 0.3 is 6.18 Å². The SMILES string of the molecule is O=C1C(=O)N(Cc2ccccc2)C/C1=C\c1ccc(C(F)(F)F)cc1. The van der Waals surface area contributed by atoms with Gasteiger partial charge in [-0.1, -0.05) is 42.5 Å². The van der Waals surface area contributed by atoms with Gasteiger partial charge in [0.15, 0.2) is 0 Å². The molecule has 1 saturated heterocycles. The Balaban J connectivity index is 1.77. The normalized spacial score (nSPS) is 16.8. The van der Waals surface area contributed by atoms with Crippen LogP contribution in [0.25, 0.3) is 6.08 Å². The lowest BCUT2D eigenvalue weighted by Gasteiger charge is -2.13. The molecule has 1 fully saturated rings. The summed E-state index contributed by atoms with van der Waals surface area (Å²) in [6.07, 6.45) is -2.94. The van der Waals surface area contributed by atoms with Gasteiger partial charge in [-0.05, 0) is 29.3 Å². The number of likely N-dealkylation sites (tertiary alicyclic amines) is 1. The molecule has 1 amide bonds. The highest BCUT2D eigenvalue weighted by Gasteiger charge is 2.34. The number of hydrogen-bond acceptors (Lipinski definition) is 2. The third-order valence-corrected chi connectivity index (χ3v) is 3.93. The molecule has 2 aromatic rings. The van der Waals surface area contributed by atoms with Gasteiger partial charge < -0.3 is 4.90 Å². The number of carbonyl (C=O) groups is 2. The number of benzene rings is 2. The lowest BCUT2D eigenvalue weighted by atomic mass is 10.1. The van der Waals surface area contributed by atoms with E-state index < -0.39 is 23.4 Å². The molecule has 0 N–H and O–H groups in total. The smallest absolute Gasteiger partial charge is 0.327 e. The second kappa shape index (κ2) is 6.55. The van der Waals surface area contributed by atoms with Crippen molar-refractivity contribution in [1.82, 2.24) is 4.90 Å². The highest BCUT2D eigenvalue weighted by atomic mass is 19.4. The first-order valence-electron chi connectivity index (χ1n) is 7.60. The number of amides is 1. The first-order chi connectivity index (χ1) is 11.8. The minimum Gasteiger partial charge on any atom is -0.327 e. The molecule has 1 aliphatic rings. The predicted octanol–water partition coefficient (Wildman–Crippen LogP) is 3.70. The van der Waals surface area contributed by atoms with Crippen LogP contribution in [0, 0.1) is 0 Å². The Bertz CT molecular complexity index is 824. The highest BCUT2D eigenvalue weighted by molar-refractivity contribution is 6.45. The van der Waals surface area contributed by atoms with Gasteiger partial charge in [-0.2, -0.15) is 13.2 Å². The average Bonchev–Trinajstić information content (AvgIpc) is 2.84. The van der Waals surface area contributed by atoms with Crippen molar-refractivity contribution in [3.63, 3.8) is 0 Å². The van der Waals surface area contributed by atoms with Crippen LogP contribution < -0.4 is 0 Å². The van der Waals surface area contributed by atoms with Crippen molar-refractivity contribution in [2.45, 2.75) is 12.7 Å². The van der Waals surface area contributed by atoms with Crippen molar-refractivity contribution in [2.75, 3.05) is 6.54 Å². The minimum absolute atomic E-state index is 0.146. The van der Waals surface area contributed by atoms with Crippen LogP contribution in [0.3, 0.4) is 0 Å². The Morgan fingerprint density at radius 3 is 2.20 bits per heavy atom. The Kier molecular flexibility index (Phi) is 4.44. The molecule has 3 rings (SSSR count).